The van der Waals surface area contributed by atoms with Gasteiger partial charge in [0.05, 0.1) is 6.07 Å². The van der Waals surface area contributed by atoms with Crippen molar-refractivity contribution >= 4 is 11.8 Å². The Morgan fingerprint density at radius 2 is 2.00 bits per heavy atom. The lowest BCUT2D eigenvalue weighted by atomic mass is 9.97. The van der Waals surface area contributed by atoms with Gasteiger partial charge in [-0.1, -0.05) is 13.8 Å². The second kappa shape index (κ2) is 6.82. The summed E-state index contributed by atoms with van der Waals surface area (Å²) in [4.78, 5) is 22.3. The van der Waals surface area contributed by atoms with Crippen LogP contribution in [-0.2, 0) is 9.59 Å². The third kappa shape index (κ3) is 5.01. The molecule has 0 aromatic rings. The molecule has 0 rings (SSSR count). The third-order valence-corrected chi connectivity index (χ3v) is 2.02. The maximum absolute atomic E-state index is 11.4. The normalized spacial score (nSPS) is 11.7. The topological polar surface area (TPSA) is 82.0 Å². The van der Waals surface area contributed by atoms with Crippen molar-refractivity contribution in [2.24, 2.45) is 11.8 Å². The van der Waals surface area contributed by atoms with Crippen molar-refractivity contribution in [3.8, 4) is 6.07 Å². The van der Waals surface area contributed by atoms with Crippen molar-refractivity contribution in [2.45, 2.75) is 20.3 Å². The zero-order chi connectivity index (χ0) is 11.8. The van der Waals surface area contributed by atoms with Crippen molar-refractivity contribution in [1.82, 2.24) is 10.6 Å². The van der Waals surface area contributed by atoms with Crippen LogP contribution in [0.25, 0.3) is 0 Å². The fourth-order valence-electron chi connectivity index (χ4n) is 1.04. The Balaban J connectivity index is 3.93. The lowest BCUT2D eigenvalue weighted by Crippen LogP contribution is -2.35. The summed E-state index contributed by atoms with van der Waals surface area (Å²) in [5, 5.41) is 13.7. The standard InChI is InChI=1S/C10H17N3O2/c1-7(2)8(6-11)10(15)13-5-4-9(14)12-3/h7-8H,4-5H2,1-3H3,(H,12,14)(H,13,15). The van der Waals surface area contributed by atoms with Gasteiger partial charge in [0.2, 0.25) is 11.8 Å². The molecule has 0 aliphatic carbocycles. The van der Waals surface area contributed by atoms with Crippen molar-refractivity contribution in [3.05, 3.63) is 0 Å². The molecule has 0 heterocycles. The van der Waals surface area contributed by atoms with E-state index in [-0.39, 0.29) is 30.7 Å². The molecule has 2 N–H and O–H groups in total. The second-order valence-electron chi connectivity index (χ2n) is 3.56. The Hall–Kier alpha value is -1.57. The summed E-state index contributed by atoms with van der Waals surface area (Å²) < 4.78 is 0. The molecule has 5 nitrogen and oxygen atoms in total. The van der Waals surface area contributed by atoms with Crippen LogP contribution < -0.4 is 10.6 Å². The molecule has 0 bridgehead atoms. The number of rotatable bonds is 5. The number of carbonyl (C=O) groups is 2. The molecule has 0 radical (unpaired) electrons. The molecule has 84 valence electrons. The molecule has 0 aliphatic heterocycles. The molecule has 5 heteroatoms. The lowest BCUT2D eigenvalue weighted by Gasteiger charge is -2.12. The van der Waals surface area contributed by atoms with E-state index in [0.717, 1.165) is 0 Å². The molecule has 0 fully saturated rings. The highest BCUT2D eigenvalue weighted by Crippen LogP contribution is 2.08. The van der Waals surface area contributed by atoms with Crippen LogP contribution in [0.2, 0.25) is 0 Å². The maximum atomic E-state index is 11.4. The summed E-state index contributed by atoms with van der Waals surface area (Å²) in [6.07, 6.45) is 0.235. The first kappa shape index (κ1) is 13.4. The van der Waals surface area contributed by atoms with Gasteiger partial charge in [-0.3, -0.25) is 9.59 Å². The number of nitrogens with zero attached hydrogens (tertiary/aromatic N) is 1. The maximum Gasteiger partial charge on any atom is 0.237 e. The van der Waals surface area contributed by atoms with Crippen molar-refractivity contribution in [1.29, 1.82) is 5.26 Å². The SMILES string of the molecule is CNC(=O)CCNC(=O)C(C#N)C(C)C. The van der Waals surface area contributed by atoms with Crippen molar-refractivity contribution in [3.63, 3.8) is 0 Å². The highest BCUT2D eigenvalue weighted by molar-refractivity contribution is 5.82. The van der Waals surface area contributed by atoms with Gasteiger partial charge in [0.25, 0.3) is 0 Å². The minimum absolute atomic E-state index is 0.0185. The Morgan fingerprint density at radius 3 is 2.40 bits per heavy atom. The van der Waals surface area contributed by atoms with E-state index >= 15 is 0 Å². The van der Waals surface area contributed by atoms with Gasteiger partial charge in [0.15, 0.2) is 0 Å². The molecule has 0 aliphatic rings. The average molecular weight is 211 g/mol. The van der Waals surface area contributed by atoms with Crippen LogP contribution in [0, 0.1) is 23.2 Å². The minimum Gasteiger partial charge on any atom is -0.359 e. The fourth-order valence-corrected chi connectivity index (χ4v) is 1.04. The molecule has 1 unspecified atom stereocenters. The molecule has 0 saturated carbocycles. The van der Waals surface area contributed by atoms with Crippen LogP contribution in [0.4, 0.5) is 0 Å². The van der Waals surface area contributed by atoms with Gasteiger partial charge in [-0.15, -0.1) is 0 Å². The molecular weight excluding hydrogens is 194 g/mol. The van der Waals surface area contributed by atoms with Crippen molar-refractivity contribution in [2.75, 3.05) is 13.6 Å². The van der Waals surface area contributed by atoms with Crippen LogP contribution in [-0.4, -0.2) is 25.4 Å². The Kier molecular flexibility index (Phi) is 6.11. The van der Waals surface area contributed by atoms with Crippen LogP contribution in [0.3, 0.4) is 0 Å². The number of carbonyl (C=O) groups excluding carboxylic acids is 2. The number of amides is 2. The van der Waals surface area contributed by atoms with Gasteiger partial charge < -0.3 is 10.6 Å². The molecule has 0 aromatic heterocycles. The van der Waals surface area contributed by atoms with Gasteiger partial charge in [-0.2, -0.15) is 5.26 Å². The van der Waals surface area contributed by atoms with Gasteiger partial charge in [0.1, 0.15) is 5.92 Å². The van der Waals surface area contributed by atoms with Gasteiger partial charge in [0, 0.05) is 20.0 Å². The van der Waals surface area contributed by atoms with E-state index in [1.165, 1.54) is 7.05 Å². The molecule has 0 aromatic carbocycles. The predicted octanol–water partition coefficient (Wildman–Crippen LogP) is 0.0345. The second-order valence-corrected chi connectivity index (χ2v) is 3.56. The fraction of sp³-hybridized carbons (Fsp3) is 0.700. The summed E-state index contributed by atoms with van der Waals surface area (Å²) in [6.45, 7) is 3.89. The molecule has 2 amide bonds. The number of hydrogen-bond donors (Lipinski definition) is 2. The Labute approximate surface area is 89.8 Å². The Bertz CT molecular complexity index is 268. The summed E-state index contributed by atoms with van der Waals surface area (Å²) in [7, 11) is 1.54. The van der Waals surface area contributed by atoms with E-state index in [2.05, 4.69) is 10.6 Å². The zero-order valence-electron chi connectivity index (χ0n) is 9.33. The summed E-state index contributed by atoms with van der Waals surface area (Å²) >= 11 is 0. The molecular formula is C10H17N3O2. The first-order valence-corrected chi connectivity index (χ1v) is 4.90. The quantitative estimate of drug-likeness (QED) is 0.673. The largest absolute Gasteiger partial charge is 0.359 e. The van der Waals surface area contributed by atoms with Gasteiger partial charge in [-0.05, 0) is 5.92 Å². The van der Waals surface area contributed by atoms with E-state index in [4.69, 9.17) is 5.26 Å². The number of hydrogen-bond acceptors (Lipinski definition) is 3. The Morgan fingerprint density at radius 1 is 1.40 bits per heavy atom. The van der Waals surface area contributed by atoms with E-state index < -0.39 is 5.92 Å². The zero-order valence-corrected chi connectivity index (χ0v) is 9.33. The van der Waals surface area contributed by atoms with Crippen LogP contribution in [0.15, 0.2) is 0 Å². The third-order valence-electron chi connectivity index (χ3n) is 2.02. The summed E-state index contributed by atoms with van der Waals surface area (Å²) in [5.41, 5.74) is 0. The molecule has 0 spiro atoms. The first-order chi connectivity index (χ1) is 7.02. The van der Waals surface area contributed by atoms with E-state index in [1.807, 2.05) is 19.9 Å². The highest BCUT2D eigenvalue weighted by Gasteiger charge is 2.20. The van der Waals surface area contributed by atoms with E-state index in [0.29, 0.717) is 0 Å². The number of nitrogens with one attached hydrogen (secondary N) is 2. The summed E-state index contributed by atoms with van der Waals surface area (Å²) in [6, 6.07) is 1.94. The minimum atomic E-state index is -0.644. The molecule has 15 heavy (non-hydrogen) atoms. The van der Waals surface area contributed by atoms with Crippen LogP contribution >= 0.6 is 0 Å². The van der Waals surface area contributed by atoms with Gasteiger partial charge in [-0.25, -0.2) is 0 Å². The predicted molar refractivity (Wildman–Crippen MR) is 55.6 cm³/mol. The molecule has 0 saturated heterocycles. The smallest absolute Gasteiger partial charge is 0.237 e. The molecule has 1 atom stereocenters. The van der Waals surface area contributed by atoms with Crippen LogP contribution in [0.5, 0.6) is 0 Å². The van der Waals surface area contributed by atoms with E-state index in [9.17, 15) is 9.59 Å². The van der Waals surface area contributed by atoms with Crippen molar-refractivity contribution < 1.29 is 9.59 Å². The lowest BCUT2D eigenvalue weighted by molar-refractivity contribution is -0.124. The van der Waals surface area contributed by atoms with Gasteiger partial charge >= 0.3 is 0 Å². The highest BCUT2D eigenvalue weighted by atomic mass is 16.2. The number of nitriles is 1. The monoisotopic (exact) mass is 211 g/mol. The first-order valence-electron chi connectivity index (χ1n) is 4.90. The average Bonchev–Trinajstić information content (AvgIpc) is 2.17. The summed E-state index contributed by atoms with van der Waals surface area (Å²) in [5.74, 6) is -1.10. The van der Waals surface area contributed by atoms with Crippen LogP contribution in [0.1, 0.15) is 20.3 Å². The van der Waals surface area contributed by atoms with E-state index in [1.54, 1.807) is 0 Å².